The molecule has 5 heteroatoms. The summed E-state index contributed by atoms with van der Waals surface area (Å²) in [4.78, 5) is 24.5. The summed E-state index contributed by atoms with van der Waals surface area (Å²) in [7, 11) is 0. The molecular formula is C15H28N2O3. The monoisotopic (exact) mass is 284 g/mol. The lowest BCUT2D eigenvalue weighted by atomic mass is 9.98. The van der Waals surface area contributed by atoms with Gasteiger partial charge in [-0.1, -0.05) is 19.8 Å². The average molecular weight is 284 g/mol. The quantitative estimate of drug-likeness (QED) is 0.755. The molecule has 1 rings (SSSR count). The van der Waals surface area contributed by atoms with Gasteiger partial charge >= 0.3 is 12.0 Å². The first-order chi connectivity index (χ1) is 9.41. The SMILES string of the molecule is CC1CCCC1CNC(=O)N(CCCC(=O)O)C(C)C. The summed E-state index contributed by atoms with van der Waals surface area (Å²) < 4.78 is 0. The Morgan fingerprint density at radius 3 is 2.55 bits per heavy atom. The van der Waals surface area contributed by atoms with E-state index in [4.69, 9.17) is 5.11 Å². The maximum absolute atomic E-state index is 12.2. The van der Waals surface area contributed by atoms with Crippen molar-refractivity contribution in [3.05, 3.63) is 0 Å². The first-order valence-electron chi connectivity index (χ1n) is 7.68. The van der Waals surface area contributed by atoms with Gasteiger partial charge in [-0.05, 0) is 38.5 Å². The third-order valence-corrected chi connectivity index (χ3v) is 4.23. The second-order valence-corrected chi connectivity index (χ2v) is 6.14. The fourth-order valence-electron chi connectivity index (χ4n) is 2.84. The van der Waals surface area contributed by atoms with E-state index in [2.05, 4.69) is 12.2 Å². The van der Waals surface area contributed by atoms with Crippen LogP contribution in [0.2, 0.25) is 0 Å². The predicted molar refractivity (Wildman–Crippen MR) is 78.6 cm³/mol. The third kappa shape index (κ3) is 5.39. The first kappa shape index (κ1) is 16.8. The van der Waals surface area contributed by atoms with Gasteiger partial charge in [0.2, 0.25) is 0 Å². The number of carbonyl (C=O) groups excluding carboxylic acids is 1. The molecule has 0 spiro atoms. The van der Waals surface area contributed by atoms with E-state index in [-0.39, 0.29) is 18.5 Å². The maximum Gasteiger partial charge on any atom is 0.317 e. The van der Waals surface area contributed by atoms with Gasteiger partial charge in [0.05, 0.1) is 0 Å². The Morgan fingerprint density at radius 1 is 1.35 bits per heavy atom. The molecule has 1 aliphatic rings. The Kier molecular flexibility index (Phi) is 6.82. The molecule has 2 atom stereocenters. The summed E-state index contributed by atoms with van der Waals surface area (Å²) in [6, 6.07) is 0.0225. The Balaban J connectivity index is 2.37. The highest BCUT2D eigenvalue weighted by molar-refractivity contribution is 5.74. The summed E-state index contributed by atoms with van der Waals surface area (Å²) in [6.07, 6.45) is 4.32. The van der Waals surface area contributed by atoms with Gasteiger partial charge in [0.25, 0.3) is 0 Å². The Hall–Kier alpha value is -1.26. The molecule has 1 fully saturated rings. The van der Waals surface area contributed by atoms with Crippen LogP contribution in [0.25, 0.3) is 0 Å². The van der Waals surface area contributed by atoms with Gasteiger partial charge in [0.1, 0.15) is 0 Å². The molecule has 0 aromatic heterocycles. The lowest BCUT2D eigenvalue weighted by molar-refractivity contribution is -0.137. The van der Waals surface area contributed by atoms with E-state index in [0.717, 1.165) is 6.54 Å². The number of carbonyl (C=O) groups is 2. The molecule has 0 aliphatic heterocycles. The zero-order valence-corrected chi connectivity index (χ0v) is 12.9. The van der Waals surface area contributed by atoms with Gasteiger partial charge < -0.3 is 15.3 Å². The third-order valence-electron chi connectivity index (χ3n) is 4.23. The standard InChI is InChI=1S/C15H28N2O3/c1-11(2)17(9-5-8-14(18)19)15(20)16-10-13-7-4-6-12(13)3/h11-13H,4-10H2,1-3H3,(H,16,20)(H,18,19). The number of nitrogens with one attached hydrogen (secondary N) is 1. The van der Waals surface area contributed by atoms with Crippen molar-refractivity contribution in [1.82, 2.24) is 10.2 Å². The van der Waals surface area contributed by atoms with E-state index in [1.807, 2.05) is 13.8 Å². The molecular weight excluding hydrogens is 256 g/mol. The number of amides is 2. The van der Waals surface area contributed by atoms with Crippen LogP contribution in [0.4, 0.5) is 4.79 Å². The molecule has 0 saturated heterocycles. The highest BCUT2D eigenvalue weighted by Gasteiger charge is 2.25. The second-order valence-electron chi connectivity index (χ2n) is 6.14. The predicted octanol–water partition coefficient (Wildman–Crippen LogP) is 2.71. The van der Waals surface area contributed by atoms with Gasteiger partial charge in [0, 0.05) is 25.6 Å². The lowest BCUT2D eigenvalue weighted by Crippen LogP contribution is -2.46. The minimum atomic E-state index is -0.811. The number of nitrogens with zero attached hydrogens (tertiary/aromatic N) is 1. The summed E-state index contributed by atoms with van der Waals surface area (Å²) in [5.74, 6) is 0.468. The molecule has 116 valence electrons. The van der Waals surface area contributed by atoms with Crippen LogP contribution < -0.4 is 5.32 Å². The molecule has 1 saturated carbocycles. The molecule has 20 heavy (non-hydrogen) atoms. The van der Waals surface area contributed by atoms with E-state index in [1.165, 1.54) is 19.3 Å². The van der Waals surface area contributed by atoms with Crippen LogP contribution in [-0.4, -0.2) is 41.1 Å². The van der Waals surface area contributed by atoms with Crippen molar-refractivity contribution >= 4 is 12.0 Å². The van der Waals surface area contributed by atoms with Crippen LogP contribution in [0, 0.1) is 11.8 Å². The topological polar surface area (TPSA) is 69.6 Å². The smallest absolute Gasteiger partial charge is 0.317 e. The molecule has 5 nitrogen and oxygen atoms in total. The van der Waals surface area contributed by atoms with Crippen molar-refractivity contribution in [2.75, 3.05) is 13.1 Å². The molecule has 0 aromatic carbocycles. The van der Waals surface area contributed by atoms with Crippen LogP contribution in [0.1, 0.15) is 52.9 Å². The van der Waals surface area contributed by atoms with E-state index < -0.39 is 5.97 Å². The highest BCUT2D eigenvalue weighted by Crippen LogP contribution is 2.30. The van der Waals surface area contributed by atoms with Gasteiger partial charge in [-0.3, -0.25) is 4.79 Å². The van der Waals surface area contributed by atoms with Crippen molar-refractivity contribution < 1.29 is 14.7 Å². The normalized spacial score (nSPS) is 22.0. The molecule has 0 bridgehead atoms. The zero-order chi connectivity index (χ0) is 15.1. The molecule has 0 aromatic rings. The Morgan fingerprint density at radius 2 is 2.05 bits per heavy atom. The van der Waals surface area contributed by atoms with Crippen LogP contribution >= 0.6 is 0 Å². The summed E-state index contributed by atoms with van der Waals surface area (Å²) in [5.41, 5.74) is 0. The van der Waals surface area contributed by atoms with E-state index in [0.29, 0.717) is 24.8 Å². The second kappa shape index (κ2) is 8.12. The minimum Gasteiger partial charge on any atom is -0.481 e. The number of hydrogen-bond donors (Lipinski definition) is 2. The van der Waals surface area contributed by atoms with E-state index in [1.54, 1.807) is 4.90 Å². The van der Waals surface area contributed by atoms with Crippen molar-refractivity contribution in [3.63, 3.8) is 0 Å². The van der Waals surface area contributed by atoms with Crippen LogP contribution in [0.5, 0.6) is 0 Å². The van der Waals surface area contributed by atoms with Crippen LogP contribution in [0.3, 0.4) is 0 Å². The summed E-state index contributed by atoms with van der Waals surface area (Å²) in [5, 5.41) is 11.7. The lowest BCUT2D eigenvalue weighted by Gasteiger charge is -2.28. The fourth-order valence-corrected chi connectivity index (χ4v) is 2.84. The van der Waals surface area contributed by atoms with Crippen molar-refractivity contribution in [2.45, 2.75) is 58.9 Å². The van der Waals surface area contributed by atoms with Crippen molar-refractivity contribution in [2.24, 2.45) is 11.8 Å². The molecule has 2 unspecified atom stereocenters. The van der Waals surface area contributed by atoms with Gasteiger partial charge in [0.15, 0.2) is 0 Å². The summed E-state index contributed by atoms with van der Waals surface area (Å²) >= 11 is 0. The van der Waals surface area contributed by atoms with E-state index >= 15 is 0 Å². The number of carboxylic acid groups (broad SMARTS) is 1. The molecule has 2 N–H and O–H groups in total. The van der Waals surface area contributed by atoms with Crippen molar-refractivity contribution in [1.29, 1.82) is 0 Å². The minimum absolute atomic E-state index is 0.0653. The average Bonchev–Trinajstić information content (AvgIpc) is 2.76. The van der Waals surface area contributed by atoms with Crippen LogP contribution in [0.15, 0.2) is 0 Å². The molecule has 1 aliphatic carbocycles. The first-order valence-corrected chi connectivity index (χ1v) is 7.68. The Bertz CT molecular complexity index is 331. The van der Waals surface area contributed by atoms with Gasteiger partial charge in [-0.15, -0.1) is 0 Å². The molecule has 0 heterocycles. The maximum atomic E-state index is 12.2. The van der Waals surface area contributed by atoms with Gasteiger partial charge in [-0.25, -0.2) is 4.79 Å². The molecule has 0 radical (unpaired) electrons. The van der Waals surface area contributed by atoms with Crippen molar-refractivity contribution in [3.8, 4) is 0 Å². The van der Waals surface area contributed by atoms with E-state index in [9.17, 15) is 9.59 Å². The number of urea groups is 1. The van der Waals surface area contributed by atoms with Crippen LogP contribution in [-0.2, 0) is 4.79 Å². The number of aliphatic carboxylic acids is 1. The Labute approximate surface area is 121 Å². The zero-order valence-electron chi connectivity index (χ0n) is 12.9. The summed E-state index contributed by atoms with van der Waals surface area (Å²) in [6.45, 7) is 7.39. The largest absolute Gasteiger partial charge is 0.481 e. The molecule has 2 amide bonds. The number of hydrogen-bond acceptors (Lipinski definition) is 2. The van der Waals surface area contributed by atoms with Gasteiger partial charge in [-0.2, -0.15) is 0 Å². The number of rotatable bonds is 7. The highest BCUT2D eigenvalue weighted by atomic mass is 16.4. The fraction of sp³-hybridized carbons (Fsp3) is 0.867. The number of carboxylic acids is 1.